The van der Waals surface area contributed by atoms with Crippen molar-refractivity contribution in [3.05, 3.63) is 89.6 Å². The van der Waals surface area contributed by atoms with Crippen LogP contribution in [0.3, 0.4) is 0 Å². The standard InChI is InChI=1S/C28H26N2O4/c1-18-15-22(10-12-26(18)33-3)21-7-5-20(6-8-21)17-30(19(2)31)27-25-11-9-24(28(32)34-4)16-23(25)13-14-29-27/h5-16H,17H2,1-4H3. The van der Waals surface area contributed by atoms with Gasteiger partial charge < -0.3 is 9.47 Å². The van der Waals surface area contributed by atoms with Crippen molar-refractivity contribution in [1.29, 1.82) is 0 Å². The topological polar surface area (TPSA) is 68.7 Å². The van der Waals surface area contributed by atoms with Gasteiger partial charge in [-0.15, -0.1) is 0 Å². The Bertz CT molecular complexity index is 1360. The average Bonchev–Trinajstić information content (AvgIpc) is 2.86. The fourth-order valence-corrected chi connectivity index (χ4v) is 4.00. The van der Waals surface area contributed by atoms with Crippen molar-refractivity contribution < 1.29 is 19.1 Å². The van der Waals surface area contributed by atoms with Crippen molar-refractivity contribution in [3.8, 4) is 16.9 Å². The predicted molar refractivity (Wildman–Crippen MR) is 133 cm³/mol. The van der Waals surface area contributed by atoms with Crippen LogP contribution in [0.25, 0.3) is 21.9 Å². The fraction of sp³-hybridized carbons (Fsp3) is 0.179. The molecule has 0 fully saturated rings. The van der Waals surface area contributed by atoms with Crippen LogP contribution in [0.5, 0.6) is 5.75 Å². The van der Waals surface area contributed by atoms with Crippen molar-refractivity contribution in [1.82, 2.24) is 4.98 Å². The molecular formula is C28H26N2O4. The first kappa shape index (κ1) is 23.0. The van der Waals surface area contributed by atoms with Crippen LogP contribution in [0.2, 0.25) is 0 Å². The van der Waals surface area contributed by atoms with Gasteiger partial charge >= 0.3 is 5.97 Å². The molecule has 0 bridgehead atoms. The Morgan fingerprint density at radius 1 is 0.912 bits per heavy atom. The minimum absolute atomic E-state index is 0.119. The number of aryl methyl sites for hydroxylation is 1. The Balaban J connectivity index is 1.63. The lowest BCUT2D eigenvalue weighted by Crippen LogP contribution is -2.28. The molecule has 0 aliphatic carbocycles. The first-order chi connectivity index (χ1) is 16.4. The zero-order valence-electron chi connectivity index (χ0n) is 19.7. The molecule has 6 heteroatoms. The number of rotatable bonds is 6. The van der Waals surface area contributed by atoms with Gasteiger partial charge in [0.25, 0.3) is 0 Å². The highest BCUT2D eigenvalue weighted by atomic mass is 16.5. The molecule has 0 N–H and O–H groups in total. The number of methoxy groups -OCH3 is 2. The predicted octanol–water partition coefficient (Wildman–Crippen LogP) is 5.56. The van der Waals surface area contributed by atoms with Gasteiger partial charge in [-0.2, -0.15) is 0 Å². The summed E-state index contributed by atoms with van der Waals surface area (Å²) in [5.74, 6) is 0.887. The average molecular weight is 455 g/mol. The molecule has 0 radical (unpaired) electrons. The molecule has 4 rings (SSSR count). The molecule has 3 aromatic carbocycles. The summed E-state index contributed by atoms with van der Waals surface area (Å²) in [5.41, 5.74) is 4.69. The second-order valence-corrected chi connectivity index (χ2v) is 8.05. The highest BCUT2D eigenvalue weighted by molar-refractivity contribution is 6.03. The minimum atomic E-state index is -0.407. The molecular weight excluding hydrogens is 428 g/mol. The number of carbonyl (C=O) groups excluding carboxylic acids is 2. The Morgan fingerprint density at radius 3 is 2.29 bits per heavy atom. The molecule has 34 heavy (non-hydrogen) atoms. The summed E-state index contributed by atoms with van der Waals surface area (Å²) in [5, 5.41) is 1.60. The molecule has 1 amide bonds. The molecule has 6 nitrogen and oxygen atoms in total. The Kier molecular flexibility index (Phi) is 6.59. The van der Waals surface area contributed by atoms with Crippen LogP contribution in [0, 0.1) is 6.92 Å². The van der Waals surface area contributed by atoms with Crippen LogP contribution in [-0.2, 0) is 16.1 Å². The number of esters is 1. The first-order valence-electron chi connectivity index (χ1n) is 10.9. The molecule has 0 saturated carbocycles. The van der Waals surface area contributed by atoms with Gasteiger partial charge in [-0.25, -0.2) is 9.78 Å². The van der Waals surface area contributed by atoms with Crippen molar-refractivity contribution in [3.63, 3.8) is 0 Å². The van der Waals surface area contributed by atoms with E-state index >= 15 is 0 Å². The Hall–Kier alpha value is -4.19. The van der Waals surface area contributed by atoms with Gasteiger partial charge in [-0.05, 0) is 71.0 Å². The van der Waals surface area contributed by atoms with Gasteiger partial charge in [0.05, 0.1) is 26.3 Å². The lowest BCUT2D eigenvalue weighted by atomic mass is 10.0. The third kappa shape index (κ3) is 4.62. The molecule has 172 valence electrons. The summed E-state index contributed by atoms with van der Waals surface area (Å²) in [7, 11) is 3.02. The van der Waals surface area contributed by atoms with Gasteiger partial charge in [0.1, 0.15) is 11.6 Å². The maximum absolute atomic E-state index is 12.6. The Labute approximate surface area is 198 Å². The Morgan fingerprint density at radius 2 is 1.65 bits per heavy atom. The van der Waals surface area contributed by atoms with Crippen LogP contribution >= 0.6 is 0 Å². The van der Waals surface area contributed by atoms with E-state index in [1.54, 1.807) is 36.4 Å². The molecule has 0 unspecified atom stereocenters. The summed E-state index contributed by atoms with van der Waals surface area (Å²) in [4.78, 5) is 30.6. The SMILES string of the molecule is COC(=O)c1ccc2c(N(Cc3ccc(-c4ccc(OC)c(C)c4)cc3)C(C)=O)nccc2c1. The largest absolute Gasteiger partial charge is 0.496 e. The van der Waals surface area contributed by atoms with Crippen molar-refractivity contribution in [2.75, 3.05) is 19.1 Å². The van der Waals surface area contributed by atoms with Crippen LogP contribution < -0.4 is 9.64 Å². The van der Waals surface area contributed by atoms with Crippen molar-refractivity contribution >= 4 is 28.5 Å². The van der Waals surface area contributed by atoms with E-state index in [1.165, 1.54) is 14.0 Å². The number of ether oxygens (including phenoxy) is 2. The van der Waals surface area contributed by atoms with Gasteiger partial charge in [-0.3, -0.25) is 9.69 Å². The highest BCUT2D eigenvalue weighted by Gasteiger charge is 2.18. The normalized spacial score (nSPS) is 10.7. The molecule has 0 aliphatic heterocycles. The molecule has 0 saturated heterocycles. The van der Waals surface area contributed by atoms with Gasteiger partial charge in [-0.1, -0.05) is 30.3 Å². The van der Waals surface area contributed by atoms with E-state index in [-0.39, 0.29) is 5.91 Å². The zero-order chi connectivity index (χ0) is 24.2. The third-order valence-corrected chi connectivity index (χ3v) is 5.82. The molecule has 1 aromatic heterocycles. The number of amides is 1. The first-order valence-corrected chi connectivity index (χ1v) is 10.9. The molecule has 0 spiro atoms. The van der Waals surface area contributed by atoms with E-state index in [9.17, 15) is 9.59 Å². The summed E-state index contributed by atoms with van der Waals surface area (Å²) in [6.07, 6.45) is 1.64. The number of pyridine rings is 1. The van der Waals surface area contributed by atoms with Crippen LogP contribution in [0.15, 0.2) is 72.9 Å². The van der Waals surface area contributed by atoms with Gasteiger partial charge in [0.15, 0.2) is 0 Å². The van der Waals surface area contributed by atoms with Crippen LogP contribution in [0.4, 0.5) is 5.82 Å². The molecule has 0 atom stereocenters. The fourth-order valence-electron chi connectivity index (χ4n) is 4.00. The second kappa shape index (κ2) is 9.75. The number of anilines is 1. The quantitative estimate of drug-likeness (QED) is 0.357. The molecule has 1 heterocycles. The van der Waals surface area contributed by atoms with E-state index in [2.05, 4.69) is 11.1 Å². The number of fused-ring (bicyclic) bond motifs is 1. The smallest absolute Gasteiger partial charge is 0.337 e. The number of benzene rings is 3. The highest BCUT2D eigenvalue weighted by Crippen LogP contribution is 2.29. The maximum atomic E-state index is 12.6. The molecule has 4 aromatic rings. The summed E-state index contributed by atoms with van der Waals surface area (Å²) in [6, 6.07) is 21.3. The van der Waals surface area contributed by atoms with E-state index in [0.717, 1.165) is 38.8 Å². The lowest BCUT2D eigenvalue weighted by molar-refractivity contribution is -0.116. The van der Waals surface area contributed by atoms with E-state index in [1.807, 2.05) is 49.4 Å². The summed E-state index contributed by atoms with van der Waals surface area (Å²) in [6.45, 7) is 3.92. The number of carbonyl (C=O) groups is 2. The summed E-state index contributed by atoms with van der Waals surface area (Å²) < 4.78 is 10.2. The number of hydrogen-bond donors (Lipinski definition) is 0. The van der Waals surface area contributed by atoms with E-state index < -0.39 is 5.97 Å². The van der Waals surface area contributed by atoms with E-state index in [0.29, 0.717) is 17.9 Å². The minimum Gasteiger partial charge on any atom is -0.496 e. The maximum Gasteiger partial charge on any atom is 0.337 e. The number of aromatic nitrogens is 1. The third-order valence-electron chi connectivity index (χ3n) is 5.82. The van der Waals surface area contributed by atoms with Crippen molar-refractivity contribution in [2.24, 2.45) is 0 Å². The van der Waals surface area contributed by atoms with Gasteiger partial charge in [0, 0.05) is 18.5 Å². The number of nitrogens with zero attached hydrogens (tertiary/aromatic N) is 2. The van der Waals surface area contributed by atoms with Crippen LogP contribution in [0.1, 0.15) is 28.4 Å². The zero-order valence-corrected chi connectivity index (χ0v) is 19.7. The van der Waals surface area contributed by atoms with Crippen molar-refractivity contribution in [2.45, 2.75) is 20.4 Å². The summed E-state index contributed by atoms with van der Waals surface area (Å²) >= 11 is 0. The monoisotopic (exact) mass is 454 g/mol. The second-order valence-electron chi connectivity index (χ2n) is 8.05. The van der Waals surface area contributed by atoms with Gasteiger partial charge in [0.2, 0.25) is 5.91 Å². The molecule has 0 aliphatic rings. The number of hydrogen-bond acceptors (Lipinski definition) is 5. The lowest BCUT2D eigenvalue weighted by Gasteiger charge is -2.22. The van der Waals surface area contributed by atoms with E-state index in [4.69, 9.17) is 9.47 Å². The van der Waals surface area contributed by atoms with Crippen LogP contribution in [-0.4, -0.2) is 31.1 Å².